The van der Waals surface area contributed by atoms with Crippen molar-refractivity contribution in [1.82, 2.24) is 4.98 Å². The molecule has 15 heavy (non-hydrogen) atoms. The van der Waals surface area contributed by atoms with Crippen LogP contribution in [0.5, 0.6) is 11.5 Å². The molecule has 0 amide bonds. The van der Waals surface area contributed by atoms with E-state index in [0.29, 0.717) is 0 Å². The second-order valence-corrected chi connectivity index (χ2v) is 4.79. The van der Waals surface area contributed by atoms with Crippen molar-refractivity contribution in [2.45, 2.75) is 0 Å². The van der Waals surface area contributed by atoms with E-state index >= 15 is 0 Å². The molecule has 0 N–H and O–H groups in total. The molecule has 1 aromatic heterocycles. The van der Waals surface area contributed by atoms with Crippen molar-refractivity contribution in [2.24, 2.45) is 0 Å². The van der Waals surface area contributed by atoms with Crippen LogP contribution in [-0.4, -0.2) is 11.8 Å². The van der Waals surface area contributed by atoms with Crippen molar-refractivity contribution < 1.29 is 9.47 Å². The van der Waals surface area contributed by atoms with Gasteiger partial charge in [0.2, 0.25) is 6.79 Å². The summed E-state index contributed by atoms with van der Waals surface area (Å²) in [6, 6.07) is 3.81. The molecule has 0 unspecified atom stereocenters. The van der Waals surface area contributed by atoms with Crippen molar-refractivity contribution in [1.29, 1.82) is 0 Å². The number of benzene rings is 1. The third-order valence-corrected chi connectivity index (χ3v) is 4.24. The normalized spacial score (nSPS) is 13.5. The lowest BCUT2D eigenvalue weighted by atomic mass is 10.2. The molecule has 1 aromatic carbocycles. The van der Waals surface area contributed by atoms with Crippen molar-refractivity contribution in [3.05, 3.63) is 27.3 Å². The summed E-state index contributed by atoms with van der Waals surface area (Å²) >= 11 is 6.92. The molecule has 0 bridgehead atoms. The first kappa shape index (κ1) is 9.42. The maximum Gasteiger partial charge on any atom is 0.231 e. The fourth-order valence-electron chi connectivity index (χ4n) is 1.53. The lowest BCUT2D eigenvalue weighted by Gasteiger charge is -2.03. The molecule has 2 heterocycles. The number of nitrogens with zero attached hydrogens (tertiary/aromatic N) is 1. The predicted molar refractivity (Wildman–Crippen MR) is 63.3 cm³/mol. The number of hydrogen-bond donors (Lipinski definition) is 0. The molecule has 1 aliphatic rings. The van der Waals surface area contributed by atoms with Crippen molar-refractivity contribution in [3.8, 4) is 11.5 Å². The van der Waals surface area contributed by atoms with Gasteiger partial charge < -0.3 is 9.47 Å². The topological polar surface area (TPSA) is 31.4 Å². The lowest BCUT2D eigenvalue weighted by molar-refractivity contribution is 0.174. The van der Waals surface area contributed by atoms with E-state index in [0.717, 1.165) is 31.3 Å². The predicted octanol–water partition coefficient (Wildman–Crippen LogP) is 3.49. The summed E-state index contributed by atoms with van der Waals surface area (Å²) in [5, 5.41) is 1.01. The summed E-state index contributed by atoms with van der Waals surface area (Å²) in [5.41, 5.74) is 0.884. The zero-order chi connectivity index (χ0) is 10.4. The number of pyridine rings is 1. The average Bonchev–Trinajstić information content (AvgIpc) is 2.68. The summed E-state index contributed by atoms with van der Waals surface area (Å²) in [7, 11) is 0. The fraction of sp³-hybridized carbons (Fsp3) is 0.100. The van der Waals surface area contributed by atoms with Gasteiger partial charge in [0.1, 0.15) is 0 Å². The van der Waals surface area contributed by atoms with Gasteiger partial charge in [-0.25, -0.2) is 0 Å². The highest BCUT2D eigenvalue weighted by molar-refractivity contribution is 9.13. The highest BCUT2D eigenvalue weighted by Crippen LogP contribution is 2.39. The second-order valence-electron chi connectivity index (χ2n) is 3.14. The molecule has 0 saturated carbocycles. The van der Waals surface area contributed by atoms with Crippen LogP contribution in [0.1, 0.15) is 0 Å². The first-order chi connectivity index (χ1) is 7.25. The lowest BCUT2D eigenvalue weighted by Crippen LogP contribution is -1.92. The Labute approximate surface area is 103 Å². The van der Waals surface area contributed by atoms with E-state index < -0.39 is 0 Å². The monoisotopic (exact) mass is 329 g/mol. The Morgan fingerprint density at radius 2 is 1.87 bits per heavy atom. The van der Waals surface area contributed by atoms with E-state index in [9.17, 15) is 0 Å². The van der Waals surface area contributed by atoms with Gasteiger partial charge in [-0.2, -0.15) is 0 Å². The average molecular weight is 331 g/mol. The number of hydrogen-bond acceptors (Lipinski definition) is 3. The van der Waals surface area contributed by atoms with Crippen molar-refractivity contribution in [3.63, 3.8) is 0 Å². The molecule has 1 aliphatic heterocycles. The van der Waals surface area contributed by atoms with Crippen LogP contribution in [0.25, 0.3) is 10.9 Å². The first-order valence-electron chi connectivity index (χ1n) is 4.29. The van der Waals surface area contributed by atoms with Crippen LogP contribution in [0.3, 0.4) is 0 Å². The third kappa shape index (κ3) is 1.41. The van der Waals surface area contributed by atoms with Gasteiger partial charge in [0, 0.05) is 22.1 Å². The minimum absolute atomic E-state index is 0.282. The van der Waals surface area contributed by atoms with Crippen LogP contribution in [0.15, 0.2) is 27.3 Å². The molecule has 0 atom stereocenters. The van der Waals surface area contributed by atoms with E-state index in [1.165, 1.54) is 0 Å². The summed E-state index contributed by atoms with van der Waals surface area (Å²) in [5.74, 6) is 1.52. The largest absolute Gasteiger partial charge is 0.454 e. The summed E-state index contributed by atoms with van der Waals surface area (Å²) in [6.45, 7) is 0.282. The van der Waals surface area contributed by atoms with Crippen LogP contribution in [-0.2, 0) is 0 Å². The van der Waals surface area contributed by atoms with E-state index in [2.05, 4.69) is 36.8 Å². The van der Waals surface area contributed by atoms with Crippen LogP contribution >= 0.6 is 31.9 Å². The molecule has 0 spiro atoms. The highest BCUT2D eigenvalue weighted by Gasteiger charge is 2.16. The molecule has 3 rings (SSSR count). The minimum atomic E-state index is 0.282. The van der Waals surface area contributed by atoms with E-state index in [4.69, 9.17) is 9.47 Å². The zero-order valence-electron chi connectivity index (χ0n) is 7.46. The summed E-state index contributed by atoms with van der Waals surface area (Å²) < 4.78 is 12.5. The van der Waals surface area contributed by atoms with Crippen LogP contribution in [0, 0.1) is 0 Å². The van der Waals surface area contributed by atoms with Gasteiger partial charge in [0.15, 0.2) is 11.5 Å². The Balaban J connectivity index is 2.38. The molecular weight excluding hydrogens is 326 g/mol. The minimum Gasteiger partial charge on any atom is -0.454 e. The Kier molecular flexibility index (Phi) is 2.10. The zero-order valence-corrected chi connectivity index (χ0v) is 10.6. The fourth-order valence-corrected chi connectivity index (χ4v) is 2.26. The Morgan fingerprint density at radius 3 is 2.67 bits per heavy atom. The molecule has 0 aliphatic carbocycles. The second kappa shape index (κ2) is 3.35. The van der Waals surface area contributed by atoms with E-state index in [1.807, 2.05) is 12.1 Å². The van der Waals surface area contributed by atoms with Crippen LogP contribution < -0.4 is 9.47 Å². The molecular formula is C10H5Br2NO2. The number of fused-ring (bicyclic) bond motifs is 2. The van der Waals surface area contributed by atoms with E-state index in [-0.39, 0.29) is 6.79 Å². The van der Waals surface area contributed by atoms with E-state index in [1.54, 1.807) is 6.20 Å². The maximum atomic E-state index is 5.32. The molecule has 0 saturated heterocycles. The molecule has 5 heteroatoms. The van der Waals surface area contributed by atoms with Gasteiger partial charge in [0.05, 0.1) is 9.99 Å². The first-order valence-corrected chi connectivity index (χ1v) is 5.87. The van der Waals surface area contributed by atoms with Crippen molar-refractivity contribution >= 4 is 42.8 Å². The molecule has 3 nitrogen and oxygen atoms in total. The Morgan fingerprint density at radius 1 is 1.13 bits per heavy atom. The SMILES string of the molecule is Brc1cnc2cc3c(cc2c1Br)OCO3. The van der Waals surface area contributed by atoms with Gasteiger partial charge >= 0.3 is 0 Å². The van der Waals surface area contributed by atoms with Gasteiger partial charge in [-0.15, -0.1) is 0 Å². The molecule has 76 valence electrons. The quantitative estimate of drug-likeness (QED) is 0.741. The van der Waals surface area contributed by atoms with Gasteiger partial charge in [-0.1, -0.05) is 0 Å². The van der Waals surface area contributed by atoms with Gasteiger partial charge in [0.25, 0.3) is 0 Å². The maximum absolute atomic E-state index is 5.32. The number of halogens is 2. The highest BCUT2D eigenvalue weighted by atomic mass is 79.9. The van der Waals surface area contributed by atoms with Crippen molar-refractivity contribution in [2.75, 3.05) is 6.79 Å². The molecule has 0 radical (unpaired) electrons. The number of aromatic nitrogens is 1. The van der Waals surface area contributed by atoms with Crippen LogP contribution in [0.2, 0.25) is 0 Å². The van der Waals surface area contributed by atoms with Crippen LogP contribution in [0.4, 0.5) is 0 Å². The third-order valence-electron chi connectivity index (χ3n) is 2.25. The van der Waals surface area contributed by atoms with Gasteiger partial charge in [-0.3, -0.25) is 4.98 Å². The number of rotatable bonds is 0. The summed E-state index contributed by atoms with van der Waals surface area (Å²) in [4.78, 5) is 4.31. The van der Waals surface area contributed by atoms with Gasteiger partial charge in [-0.05, 0) is 37.9 Å². The Hall–Kier alpha value is -0.810. The summed E-state index contributed by atoms with van der Waals surface area (Å²) in [6.07, 6.45) is 1.76. The standard InChI is InChI=1S/C10H5Br2NO2/c11-6-3-13-7-2-9-8(14-4-15-9)1-5(7)10(6)12/h1-3H,4H2. The number of ether oxygens (including phenoxy) is 2. The Bertz CT molecular complexity index is 557. The molecule has 2 aromatic rings. The molecule has 0 fully saturated rings. The smallest absolute Gasteiger partial charge is 0.231 e.